The Morgan fingerprint density at radius 1 is 1.10 bits per heavy atom. The van der Waals surface area contributed by atoms with E-state index in [4.69, 9.17) is 33.7 Å². The number of benzene rings is 2. The van der Waals surface area contributed by atoms with Crippen LogP contribution < -0.4 is 15.8 Å². The lowest BCUT2D eigenvalue weighted by atomic mass is 10.2. The molecule has 3 N–H and O–H groups in total. The van der Waals surface area contributed by atoms with Crippen LogP contribution in [0.25, 0.3) is 0 Å². The fourth-order valence-corrected chi connectivity index (χ4v) is 2.25. The number of ether oxygens (including phenoxy) is 1. The van der Waals surface area contributed by atoms with E-state index in [0.717, 1.165) is 5.56 Å². The standard InChI is InChI=1S/C15H14Cl2N2O2/c16-12-2-1-3-13(17)15(12)19-8-10-4-6-11(7-5-10)21-9-14(18)20/h1-7,19H,8-9H2,(H2,18,20). The summed E-state index contributed by atoms with van der Waals surface area (Å²) in [6.45, 7) is 0.437. The topological polar surface area (TPSA) is 64.4 Å². The second-order valence-electron chi connectivity index (χ2n) is 4.35. The van der Waals surface area contributed by atoms with Gasteiger partial charge in [0.2, 0.25) is 0 Å². The monoisotopic (exact) mass is 324 g/mol. The molecule has 0 unspecified atom stereocenters. The molecule has 2 aromatic rings. The van der Waals surface area contributed by atoms with Crippen molar-refractivity contribution < 1.29 is 9.53 Å². The van der Waals surface area contributed by atoms with Crippen LogP contribution in [0.2, 0.25) is 10.0 Å². The Hall–Kier alpha value is -1.91. The normalized spacial score (nSPS) is 10.2. The quantitative estimate of drug-likeness (QED) is 0.855. The SMILES string of the molecule is NC(=O)COc1ccc(CNc2c(Cl)cccc2Cl)cc1. The summed E-state index contributed by atoms with van der Waals surface area (Å²) in [4.78, 5) is 10.6. The number of carbonyl (C=O) groups excluding carboxylic acids is 1. The third-order valence-corrected chi connectivity index (χ3v) is 3.37. The van der Waals surface area contributed by atoms with Crippen molar-refractivity contribution in [2.24, 2.45) is 5.73 Å². The summed E-state index contributed by atoms with van der Waals surface area (Å²) in [7, 11) is 0. The van der Waals surface area contributed by atoms with Crippen molar-refractivity contribution >= 4 is 34.8 Å². The first-order valence-electron chi connectivity index (χ1n) is 6.24. The highest BCUT2D eigenvalue weighted by Crippen LogP contribution is 2.30. The maximum Gasteiger partial charge on any atom is 0.255 e. The number of rotatable bonds is 6. The molecule has 4 nitrogen and oxygen atoms in total. The lowest BCUT2D eigenvalue weighted by Gasteiger charge is -2.11. The molecule has 110 valence electrons. The molecule has 0 saturated heterocycles. The second kappa shape index (κ2) is 7.20. The molecule has 0 spiro atoms. The van der Waals surface area contributed by atoms with Crippen molar-refractivity contribution in [3.8, 4) is 5.75 Å². The van der Waals surface area contributed by atoms with Gasteiger partial charge >= 0.3 is 0 Å². The zero-order valence-corrected chi connectivity index (χ0v) is 12.6. The lowest BCUT2D eigenvalue weighted by molar-refractivity contribution is -0.119. The van der Waals surface area contributed by atoms with Crippen LogP contribution >= 0.6 is 23.2 Å². The Morgan fingerprint density at radius 2 is 1.71 bits per heavy atom. The van der Waals surface area contributed by atoms with Crippen LogP contribution in [0.15, 0.2) is 42.5 Å². The van der Waals surface area contributed by atoms with E-state index in [1.165, 1.54) is 0 Å². The zero-order chi connectivity index (χ0) is 15.2. The predicted molar refractivity (Wildman–Crippen MR) is 84.9 cm³/mol. The highest BCUT2D eigenvalue weighted by molar-refractivity contribution is 6.39. The summed E-state index contributed by atoms with van der Waals surface area (Å²) in [6.07, 6.45) is 0. The summed E-state index contributed by atoms with van der Waals surface area (Å²) >= 11 is 12.2. The molecule has 0 aliphatic carbocycles. The fourth-order valence-electron chi connectivity index (χ4n) is 1.72. The van der Waals surface area contributed by atoms with Gasteiger partial charge in [-0.2, -0.15) is 0 Å². The number of amides is 1. The number of para-hydroxylation sites is 1. The third kappa shape index (κ3) is 4.55. The van der Waals surface area contributed by atoms with Crippen molar-refractivity contribution in [2.45, 2.75) is 6.54 Å². The van der Waals surface area contributed by atoms with Gasteiger partial charge in [0.25, 0.3) is 5.91 Å². The number of halogens is 2. The summed E-state index contributed by atoms with van der Waals surface area (Å²) < 4.78 is 5.19. The minimum absolute atomic E-state index is 0.132. The van der Waals surface area contributed by atoms with E-state index < -0.39 is 5.91 Å². The van der Waals surface area contributed by atoms with Gasteiger partial charge in [-0.05, 0) is 29.8 Å². The van der Waals surface area contributed by atoms with Gasteiger partial charge in [0.15, 0.2) is 6.61 Å². The zero-order valence-electron chi connectivity index (χ0n) is 11.1. The summed E-state index contributed by atoms with van der Waals surface area (Å²) in [5.41, 5.74) is 6.74. The van der Waals surface area contributed by atoms with Gasteiger partial charge in [0, 0.05) is 6.54 Å². The average molecular weight is 325 g/mol. The molecule has 2 rings (SSSR count). The Bertz CT molecular complexity index is 610. The van der Waals surface area contributed by atoms with Crippen LogP contribution in [0, 0.1) is 0 Å². The molecule has 0 aliphatic rings. The molecule has 2 aromatic carbocycles. The van der Waals surface area contributed by atoms with E-state index in [-0.39, 0.29) is 6.61 Å². The predicted octanol–water partition coefficient (Wildman–Crippen LogP) is 3.47. The Labute approximate surface area is 132 Å². The number of primary amides is 1. The van der Waals surface area contributed by atoms with E-state index >= 15 is 0 Å². The fraction of sp³-hybridized carbons (Fsp3) is 0.133. The second-order valence-corrected chi connectivity index (χ2v) is 5.16. The highest BCUT2D eigenvalue weighted by atomic mass is 35.5. The van der Waals surface area contributed by atoms with E-state index in [1.807, 2.05) is 12.1 Å². The molecule has 0 bridgehead atoms. The Balaban J connectivity index is 1.96. The summed E-state index contributed by atoms with van der Waals surface area (Å²) in [5, 5.41) is 4.33. The first kappa shape index (κ1) is 15.5. The Morgan fingerprint density at radius 3 is 2.29 bits per heavy atom. The summed E-state index contributed by atoms with van der Waals surface area (Å²) in [6, 6.07) is 12.7. The molecule has 6 heteroatoms. The first-order valence-corrected chi connectivity index (χ1v) is 7.00. The van der Waals surface area contributed by atoms with Crippen molar-refractivity contribution in [1.82, 2.24) is 0 Å². The molecule has 0 saturated carbocycles. The maximum absolute atomic E-state index is 10.6. The minimum Gasteiger partial charge on any atom is -0.484 e. The largest absolute Gasteiger partial charge is 0.484 e. The van der Waals surface area contributed by atoms with E-state index in [9.17, 15) is 4.79 Å². The van der Waals surface area contributed by atoms with Crippen LogP contribution in [-0.2, 0) is 11.3 Å². The van der Waals surface area contributed by atoms with Crippen molar-refractivity contribution in [3.63, 3.8) is 0 Å². The third-order valence-electron chi connectivity index (χ3n) is 2.74. The molecule has 21 heavy (non-hydrogen) atoms. The number of nitrogens with two attached hydrogens (primary N) is 1. The van der Waals surface area contributed by atoms with Crippen molar-refractivity contribution in [1.29, 1.82) is 0 Å². The van der Waals surface area contributed by atoms with E-state index in [1.54, 1.807) is 30.3 Å². The van der Waals surface area contributed by atoms with Gasteiger partial charge in [0.05, 0.1) is 15.7 Å². The maximum atomic E-state index is 10.6. The van der Waals surface area contributed by atoms with Gasteiger partial charge in [-0.1, -0.05) is 41.4 Å². The highest BCUT2D eigenvalue weighted by Gasteiger charge is 2.05. The van der Waals surface area contributed by atoms with Crippen LogP contribution in [0.1, 0.15) is 5.56 Å². The van der Waals surface area contributed by atoms with Gasteiger partial charge < -0.3 is 15.8 Å². The van der Waals surface area contributed by atoms with Gasteiger partial charge in [-0.15, -0.1) is 0 Å². The molecule has 1 amide bonds. The van der Waals surface area contributed by atoms with Crippen LogP contribution in [-0.4, -0.2) is 12.5 Å². The van der Waals surface area contributed by atoms with E-state index in [2.05, 4.69) is 5.32 Å². The molecule has 0 aromatic heterocycles. The number of nitrogens with one attached hydrogen (secondary N) is 1. The smallest absolute Gasteiger partial charge is 0.255 e. The lowest BCUT2D eigenvalue weighted by Crippen LogP contribution is -2.19. The van der Waals surface area contributed by atoms with Crippen LogP contribution in [0.5, 0.6) is 5.75 Å². The molecular weight excluding hydrogens is 311 g/mol. The van der Waals surface area contributed by atoms with Gasteiger partial charge in [-0.25, -0.2) is 0 Å². The molecule has 0 heterocycles. The van der Waals surface area contributed by atoms with Crippen LogP contribution in [0.3, 0.4) is 0 Å². The molecule has 0 fully saturated rings. The minimum atomic E-state index is -0.505. The number of hydrogen-bond acceptors (Lipinski definition) is 3. The molecule has 0 radical (unpaired) electrons. The molecule has 0 aliphatic heterocycles. The Kier molecular flexibility index (Phi) is 5.31. The molecular formula is C15H14Cl2N2O2. The van der Waals surface area contributed by atoms with Crippen molar-refractivity contribution in [2.75, 3.05) is 11.9 Å². The van der Waals surface area contributed by atoms with Crippen LogP contribution in [0.4, 0.5) is 5.69 Å². The van der Waals surface area contributed by atoms with Crippen molar-refractivity contribution in [3.05, 3.63) is 58.1 Å². The average Bonchev–Trinajstić information content (AvgIpc) is 2.46. The number of hydrogen-bond donors (Lipinski definition) is 2. The van der Waals surface area contributed by atoms with Gasteiger partial charge in [-0.3, -0.25) is 4.79 Å². The first-order chi connectivity index (χ1) is 10.1. The molecule has 0 atom stereocenters. The van der Waals surface area contributed by atoms with E-state index in [0.29, 0.717) is 28.0 Å². The number of carbonyl (C=O) groups is 1. The van der Waals surface area contributed by atoms with Gasteiger partial charge in [0.1, 0.15) is 5.75 Å². The summed E-state index contributed by atoms with van der Waals surface area (Å²) in [5.74, 6) is 0.0856. The number of anilines is 1.